The minimum absolute atomic E-state index is 0. The minimum atomic E-state index is 0. The first-order chi connectivity index (χ1) is 10.5. The predicted molar refractivity (Wildman–Crippen MR) is 90.1 cm³/mol. The van der Waals surface area contributed by atoms with Crippen molar-refractivity contribution in [2.45, 2.75) is 45.6 Å². The van der Waals surface area contributed by atoms with E-state index in [4.69, 9.17) is 1.37 Å². The Kier molecular flexibility index (Phi) is 68.8. The summed E-state index contributed by atoms with van der Waals surface area (Å²) in [5.74, 6) is 0.758. The molecule has 0 bridgehead atoms. The molecule has 1 nitrogen and oxygen atoms in total. The van der Waals surface area contributed by atoms with Crippen LogP contribution in [0.1, 0.15) is 52.0 Å². The Balaban J connectivity index is -0.0000000748. The Morgan fingerprint density at radius 3 is 1.88 bits per heavy atom. The molecule has 0 amide bonds. The second kappa shape index (κ2) is 35.9. The zero-order valence-corrected chi connectivity index (χ0v) is 50.8. The molecule has 143 valence electrons. The van der Waals surface area contributed by atoms with Crippen LogP contribution in [0.15, 0.2) is 42.4 Å². The SMILES string of the molecule is [3H]c1cccc2c1[C@H](C)[C@H](C)N2c1[c-]c([C@H](C)[CH-]C)ccc1.[Y].[Y].[Y].[Y].[Y].[Y].[Y].[Y].[Y].[Y].[Y]. The molecule has 1 aliphatic rings. The number of benzene rings is 2. The second-order valence-corrected chi connectivity index (χ2v) is 5.98. The maximum Gasteiger partial charge on any atom is 0.0626 e. The van der Waals surface area contributed by atoms with E-state index in [0.717, 1.165) is 16.9 Å². The number of hydrogen-bond donors (Lipinski definition) is 0. The van der Waals surface area contributed by atoms with Gasteiger partial charge in [-0.3, -0.25) is 0 Å². The summed E-state index contributed by atoms with van der Waals surface area (Å²) in [5.41, 5.74) is 4.64. The van der Waals surface area contributed by atoms with Crippen LogP contribution in [0.3, 0.4) is 0 Å². The van der Waals surface area contributed by atoms with Gasteiger partial charge in [0.1, 0.15) is 0 Å². The quantitative estimate of drug-likeness (QED) is 0.372. The van der Waals surface area contributed by atoms with Crippen LogP contribution in [0.5, 0.6) is 0 Å². The summed E-state index contributed by atoms with van der Waals surface area (Å²) in [4.78, 5) is 2.34. The monoisotopic (exact) mass is 1260 g/mol. The van der Waals surface area contributed by atoms with Crippen molar-refractivity contribution in [2.24, 2.45) is 0 Å². The number of nitrogens with zero attached hydrogens (tertiary/aromatic N) is 1. The molecule has 0 N–H and O–H groups in total. The van der Waals surface area contributed by atoms with Crippen LogP contribution in [-0.2, 0) is 360 Å². The molecule has 3 atom stereocenters. The molecule has 0 fully saturated rings. The van der Waals surface area contributed by atoms with Crippen molar-refractivity contribution in [2.75, 3.05) is 4.90 Å². The zero-order chi connectivity index (χ0) is 15.9. The number of anilines is 2. The fraction of sp³-hybridized carbons (Fsp3) is 0.350. The van der Waals surface area contributed by atoms with Crippen molar-refractivity contribution >= 4 is 11.4 Å². The van der Waals surface area contributed by atoms with Crippen LogP contribution in [0, 0.1) is 12.5 Å². The van der Waals surface area contributed by atoms with Crippen molar-refractivity contribution in [1.29, 1.82) is 0 Å². The van der Waals surface area contributed by atoms with Crippen LogP contribution in [0.4, 0.5) is 11.4 Å². The summed E-state index contributed by atoms with van der Waals surface area (Å²) >= 11 is 0. The molecule has 12 heteroatoms. The van der Waals surface area contributed by atoms with Gasteiger partial charge in [-0.1, -0.05) is 37.7 Å². The summed E-state index contributed by atoms with van der Waals surface area (Å²) < 4.78 is 8.22. The maximum atomic E-state index is 8.22. The Bertz CT molecular complexity index is 709. The van der Waals surface area contributed by atoms with Crippen molar-refractivity contribution in [3.8, 4) is 0 Å². The van der Waals surface area contributed by atoms with Gasteiger partial charge in [0, 0.05) is 377 Å². The van der Waals surface area contributed by atoms with Gasteiger partial charge in [0.15, 0.2) is 0 Å². The van der Waals surface area contributed by atoms with E-state index in [-0.39, 0.29) is 360 Å². The van der Waals surface area contributed by atoms with Crippen molar-refractivity contribution < 1.29 is 361 Å². The number of fused-ring (bicyclic) bond motifs is 1. The summed E-state index contributed by atoms with van der Waals surface area (Å²) in [6, 6.07) is 16.9. The van der Waals surface area contributed by atoms with Gasteiger partial charge in [0.05, 0.1) is 1.37 Å². The van der Waals surface area contributed by atoms with E-state index in [1.165, 1.54) is 5.56 Å². The van der Waals surface area contributed by atoms with Crippen LogP contribution in [0.2, 0.25) is 0 Å². The summed E-state index contributed by atoms with van der Waals surface area (Å²) in [5, 5.41) is 0. The van der Waals surface area contributed by atoms with Crippen LogP contribution in [-0.4, -0.2) is 6.04 Å². The van der Waals surface area contributed by atoms with Gasteiger partial charge in [-0.2, -0.15) is 36.6 Å². The third-order valence-electron chi connectivity index (χ3n) is 4.76. The van der Waals surface area contributed by atoms with Crippen molar-refractivity contribution in [3.05, 3.63) is 66.1 Å². The molecule has 0 unspecified atom stereocenters. The molecule has 0 saturated heterocycles. The smallest absolute Gasteiger partial charge is 0.0626 e. The molecule has 0 saturated carbocycles. The Morgan fingerprint density at radius 1 is 0.844 bits per heavy atom. The van der Waals surface area contributed by atoms with Gasteiger partial charge < -0.3 is 11.3 Å². The van der Waals surface area contributed by atoms with E-state index in [1.54, 1.807) is 0 Å². The Labute approximate surface area is 475 Å². The fourth-order valence-electron chi connectivity index (χ4n) is 3.11. The van der Waals surface area contributed by atoms with Crippen molar-refractivity contribution in [1.82, 2.24) is 0 Å². The molecule has 0 aliphatic carbocycles. The van der Waals surface area contributed by atoms with E-state index in [9.17, 15) is 0 Å². The number of para-hydroxylation sites is 1. The van der Waals surface area contributed by atoms with Gasteiger partial charge in [-0.15, -0.1) is 6.07 Å². The first-order valence-corrected chi connectivity index (χ1v) is 7.75. The van der Waals surface area contributed by atoms with E-state index in [2.05, 4.69) is 69.3 Å². The molecular weight excluding hydrogens is 1230 g/mol. The number of hydrogen-bond acceptors (Lipinski definition) is 1. The molecule has 1 aliphatic heterocycles. The van der Waals surface area contributed by atoms with Gasteiger partial charge in [-0.05, 0) is 18.6 Å². The first-order valence-electron chi connectivity index (χ1n) is 8.25. The standard InChI is InChI=1S/C20H23N.11Y/c1-5-14(2)17-9-8-10-18(13-17)21-16(4)15(3)19-11-6-7-12-20(19)21;;;;;;;;;;;/h5-12,14-16H,1-4H3;;;;;;;;;;;/q-2;;;;;;;;;;;/t14-,15-,16+;;;;;;;;;;;/m1.........../s1/i11T;;;;;;;;;;;. The van der Waals surface area contributed by atoms with Crippen molar-refractivity contribution in [3.63, 3.8) is 0 Å². The van der Waals surface area contributed by atoms with E-state index >= 15 is 0 Å². The Hall–Kier alpha value is 10.4. The fourth-order valence-corrected chi connectivity index (χ4v) is 3.11. The van der Waals surface area contributed by atoms with Gasteiger partial charge >= 0.3 is 0 Å². The Morgan fingerprint density at radius 2 is 1.38 bits per heavy atom. The third kappa shape index (κ3) is 19.0. The topological polar surface area (TPSA) is 3.24 Å². The van der Waals surface area contributed by atoms with Crippen LogP contribution in [0.25, 0.3) is 0 Å². The summed E-state index contributed by atoms with van der Waals surface area (Å²) in [6.07, 6.45) is 2.20. The van der Waals surface area contributed by atoms with Gasteiger partial charge in [0.2, 0.25) is 0 Å². The maximum absolute atomic E-state index is 8.22. The predicted octanol–water partition coefficient (Wildman–Crippen LogP) is 5.43. The van der Waals surface area contributed by atoms with Crippen LogP contribution < -0.4 is 4.90 Å². The average molecular weight is 1260 g/mol. The molecule has 32 heavy (non-hydrogen) atoms. The summed E-state index contributed by atoms with van der Waals surface area (Å²) in [6.45, 7) is 8.74. The molecular formula is C20H23NY11-2. The minimum Gasteiger partial charge on any atom is -0.361 e. The molecule has 3 rings (SSSR count). The molecule has 0 aromatic heterocycles. The van der Waals surface area contributed by atoms with Crippen LogP contribution >= 0.6 is 0 Å². The molecule has 11 radical (unpaired) electrons. The normalized spacial score (nSPS) is 15.0. The summed E-state index contributed by atoms with van der Waals surface area (Å²) in [7, 11) is 0. The zero-order valence-electron chi connectivity index (χ0n) is 20.6. The van der Waals surface area contributed by atoms with E-state index in [0.29, 0.717) is 23.9 Å². The van der Waals surface area contributed by atoms with E-state index in [1.807, 2.05) is 12.1 Å². The largest absolute Gasteiger partial charge is 0.361 e. The molecule has 2 aromatic rings. The van der Waals surface area contributed by atoms with E-state index < -0.39 is 0 Å². The van der Waals surface area contributed by atoms with Gasteiger partial charge in [0.25, 0.3) is 0 Å². The first kappa shape index (κ1) is 61.4. The molecule has 0 spiro atoms. The second-order valence-electron chi connectivity index (χ2n) is 5.98. The van der Waals surface area contributed by atoms with Gasteiger partial charge in [-0.25, -0.2) is 0 Å². The molecule has 1 heterocycles. The molecule has 2 aromatic carbocycles. The number of rotatable bonds is 3. The third-order valence-corrected chi connectivity index (χ3v) is 4.76. The average Bonchev–Trinajstić information content (AvgIpc) is 2.79.